The number of hydrogen-bond donors (Lipinski definition) is 1. The molecule has 0 bridgehead atoms. The quantitative estimate of drug-likeness (QED) is 0.750. The topological polar surface area (TPSA) is 24.9 Å². The molecule has 0 amide bonds. The van der Waals surface area contributed by atoms with Crippen LogP contribution < -0.4 is 5.32 Å². The van der Waals surface area contributed by atoms with Gasteiger partial charge >= 0.3 is 0 Å². The van der Waals surface area contributed by atoms with Gasteiger partial charge in [-0.3, -0.25) is 4.98 Å². The van der Waals surface area contributed by atoms with Gasteiger partial charge in [0.2, 0.25) is 0 Å². The Bertz CT molecular complexity index is 716. The van der Waals surface area contributed by atoms with Gasteiger partial charge < -0.3 is 5.32 Å². The Morgan fingerprint density at radius 3 is 2.48 bits per heavy atom. The van der Waals surface area contributed by atoms with Crippen molar-refractivity contribution in [1.82, 2.24) is 10.3 Å². The van der Waals surface area contributed by atoms with E-state index < -0.39 is 0 Å². The molecule has 1 unspecified atom stereocenters. The second-order valence-corrected chi connectivity index (χ2v) is 5.46. The molecule has 2 atom stereocenters. The van der Waals surface area contributed by atoms with Gasteiger partial charge in [-0.2, -0.15) is 0 Å². The van der Waals surface area contributed by atoms with Crippen molar-refractivity contribution < 1.29 is 0 Å². The molecule has 1 heterocycles. The zero-order valence-corrected chi connectivity index (χ0v) is 12.5. The van der Waals surface area contributed by atoms with Crippen LogP contribution in [0.25, 0.3) is 10.8 Å². The number of rotatable bonds is 4. The molecule has 0 spiro atoms. The molecule has 3 aromatic rings. The fraction of sp³-hybridized carbons (Fsp3) is 0.211. The zero-order valence-electron chi connectivity index (χ0n) is 12.5. The number of pyridine rings is 1. The van der Waals surface area contributed by atoms with Crippen molar-refractivity contribution in [2.45, 2.75) is 25.9 Å². The van der Waals surface area contributed by atoms with Crippen LogP contribution in [0.15, 0.2) is 67.0 Å². The predicted octanol–water partition coefficient (Wildman–Crippen LogP) is 4.65. The Morgan fingerprint density at radius 1 is 0.857 bits per heavy atom. The van der Waals surface area contributed by atoms with E-state index in [1.165, 1.54) is 21.9 Å². The molecule has 2 nitrogen and oxygen atoms in total. The smallest absolute Gasteiger partial charge is 0.0315 e. The summed E-state index contributed by atoms with van der Waals surface area (Å²) in [6.45, 7) is 4.40. The predicted molar refractivity (Wildman–Crippen MR) is 88.2 cm³/mol. The van der Waals surface area contributed by atoms with E-state index in [1.54, 1.807) is 0 Å². The van der Waals surface area contributed by atoms with Gasteiger partial charge in [0, 0.05) is 24.5 Å². The van der Waals surface area contributed by atoms with Crippen LogP contribution in [0.1, 0.15) is 37.1 Å². The lowest BCUT2D eigenvalue weighted by molar-refractivity contribution is 0.496. The third-order valence-corrected chi connectivity index (χ3v) is 3.97. The Labute approximate surface area is 125 Å². The van der Waals surface area contributed by atoms with Crippen LogP contribution >= 0.6 is 0 Å². The number of fused-ring (bicyclic) bond motifs is 1. The molecule has 0 aliphatic rings. The van der Waals surface area contributed by atoms with E-state index in [0.29, 0.717) is 0 Å². The van der Waals surface area contributed by atoms with Gasteiger partial charge in [-0.15, -0.1) is 0 Å². The largest absolute Gasteiger partial charge is 0.304 e. The molecule has 0 aliphatic heterocycles. The maximum atomic E-state index is 4.20. The maximum Gasteiger partial charge on any atom is 0.0315 e. The average molecular weight is 276 g/mol. The highest BCUT2D eigenvalue weighted by molar-refractivity contribution is 5.86. The molecule has 0 fully saturated rings. The summed E-state index contributed by atoms with van der Waals surface area (Å²) in [4.78, 5) is 4.20. The SMILES string of the molecule is CC(N[C@H](C)c1cccnc1)c1cccc2ccccc12. The van der Waals surface area contributed by atoms with Crippen molar-refractivity contribution in [2.24, 2.45) is 0 Å². The van der Waals surface area contributed by atoms with Crippen LogP contribution in [0.4, 0.5) is 0 Å². The lowest BCUT2D eigenvalue weighted by atomic mass is 9.98. The van der Waals surface area contributed by atoms with E-state index >= 15 is 0 Å². The number of hydrogen-bond acceptors (Lipinski definition) is 2. The van der Waals surface area contributed by atoms with Crippen molar-refractivity contribution in [3.05, 3.63) is 78.1 Å². The highest BCUT2D eigenvalue weighted by Crippen LogP contribution is 2.26. The van der Waals surface area contributed by atoms with Crippen molar-refractivity contribution >= 4 is 10.8 Å². The molecule has 3 rings (SSSR count). The first kappa shape index (κ1) is 13.8. The second-order valence-electron chi connectivity index (χ2n) is 5.46. The van der Waals surface area contributed by atoms with Gasteiger partial charge in [-0.05, 0) is 41.8 Å². The Morgan fingerprint density at radius 2 is 1.67 bits per heavy atom. The number of nitrogens with zero attached hydrogens (tertiary/aromatic N) is 1. The van der Waals surface area contributed by atoms with E-state index in [4.69, 9.17) is 0 Å². The van der Waals surface area contributed by atoms with E-state index in [-0.39, 0.29) is 12.1 Å². The van der Waals surface area contributed by atoms with Crippen LogP contribution in [0, 0.1) is 0 Å². The second kappa shape index (κ2) is 6.06. The first-order chi connectivity index (χ1) is 10.3. The van der Waals surface area contributed by atoms with Gasteiger partial charge in [0.25, 0.3) is 0 Å². The summed E-state index contributed by atoms with van der Waals surface area (Å²) in [6.07, 6.45) is 3.73. The van der Waals surface area contributed by atoms with E-state index in [9.17, 15) is 0 Å². The lowest BCUT2D eigenvalue weighted by Gasteiger charge is -2.21. The summed E-state index contributed by atoms with van der Waals surface area (Å²) in [6, 6.07) is 19.7. The number of aromatic nitrogens is 1. The molecule has 2 heteroatoms. The first-order valence-corrected chi connectivity index (χ1v) is 7.39. The van der Waals surface area contributed by atoms with Crippen LogP contribution in [0.3, 0.4) is 0 Å². The van der Waals surface area contributed by atoms with Gasteiger partial charge in [-0.25, -0.2) is 0 Å². The standard InChI is InChI=1S/C19H20N2/c1-14(17-9-6-12-20-13-17)21-15(2)18-11-5-8-16-7-3-4-10-19(16)18/h3-15,21H,1-2H3/t14-,15?/m1/s1. The fourth-order valence-electron chi connectivity index (χ4n) is 2.82. The van der Waals surface area contributed by atoms with Crippen molar-refractivity contribution in [3.8, 4) is 0 Å². The molecular formula is C19H20N2. The van der Waals surface area contributed by atoms with Crippen molar-refractivity contribution in [1.29, 1.82) is 0 Å². The van der Waals surface area contributed by atoms with Gasteiger partial charge in [0.15, 0.2) is 0 Å². The van der Waals surface area contributed by atoms with E-state index in [0.717, 1.165) is 0 Å². The molecule has 1 N–H and O–H groups in total. The third-order valence-electron chi connectivity index (χ3n) is 3.97. The molecule has 21 heavy (non-hydrogen) atoms. The van der Waals surface area contributed by atoms with Crippen LogP contribution in [-0.2, 0) is 0 Å². The minimum absolute atomic E-state index is 0.271. The third kappa shape index (κ3) is 2.96. The van der Waals surface area contributed by atoms with Crippen molar-refractivity contribution in [3.63, 3.8) is 0 Å². The summed E-state index contributed by atoms with van der Waals surface area (Å²) >= 11 is 0. The Balaban J connectivity index is 1.86. The highest BCUT2D eigenvalue weighted by atomic mass is 14.9. The van der Waals surface area contributed by atoms with Crippen LogP contribution in [-0.4, -0.2) is 4.98 Å². The summed E-state index contributed by atoms with van der Waals surface area (Å²) in [5, 5.41) is 6.27. The average Bonchev–Trinajstić information content (AvgIpc) is 2.55. The normalized spacial score (nSPS) is 14.0. The van der Waals surface area contributed by atoms with Gasteiger partial charge in [0.05, 0.1) is 0 Å². The van der Waals surface area contributed by atoms with E-state index in [2.05, 4.69) is 72.7 Å². The molecule has 106 valence electrons. The lowest BCUT2D eigenvalue weighted by Crippen LogP contribution is -2.22. The van der Waals surface area contributed by atoms with Crippen LogP contribution in [0.2, 0.25) is 0 Å². The number of nitrogens with one attached hydrogen (secondary N) is 1. The first-order valence-electron chi connectivity index (χ1n) is 7.39. The molecule has 0 aliphatic carbocycles. The minimum atomic E-state index is 0.271. The Kier molecular flexibility index (Phi) is 3.98. The Hall–Kier alpha value is -2.19. The molecule has 0 saturated carbocycles. The van der Waals surface area contributed by atoms with Gasteiger partial charge in [-0.1, -0.05) is 48.5 Å². The summed E-state index contributed by atoms with van der Waals surface area (Å²) in [7, 11) is 0. The summed E-state index contributed by atoms with van der Waals surface area (Å²) < 4.78 is 0. The highest BCUT2D eigenvalue weighted by Gasteiger charge is 2.13. The monoisotopic (exact) mass is 276 g/mol. The fourth-order valence-corrected chi connectivity index (χ4v) is 2.82. The summed E-state index contributed by atoms with van der Waals surface area (Å²) in [5.74, 6) is 0. The zero-order chi connectivity index (χ0) is 14.7. The molecule has 2 aromatic carbocycles. The number of benzene rings is 2. The molecule has 1 aromatic heterocycles. The molecular weight excluding hydrogens is 256 g/mol. The maximum absolute atomic E-state index is 4.20. The van der Waals surface area contributed by atoms with Gasteiger partial charge in [0.1, 0.15) is 0 Å². The minimum Gasteiger partial charge on any atom is -0.304 e. The van der Waals surface area contributed by atoms with E-state index in [1.807, 2.05) is 18.5 Å². The molecule has 0 saturated heterocycles. The summed E-state index contributed by atoms with van der Waals surface area (Å²) in [5.41, 5.74) is 2.55. The molecule has 0 radical (unpaired) electrons. The van der Waals surface area contributed by atoms with Crippen molar-refractivity contribution in [2.75, 3.05) is 0 Å². The van der Waals surface area contributed by atoms with Crippen LogP contribution in [0.5, 0.6) is 0 Å².